The normalized spacial score (nSPS) is 18.9. The zero-order valence-electron chi connectivity index (χ0n) is 12.8. The average Bonchev–Trinajstić information content (AvgIpc) is 2.60. The fraction of sp³-hybridized carbons (Fsp3) is 0.235. The van der Waals surface area contributed by atoms with E-state index in [0.717, 1.165) is 0 Å². The van der Waals surface area contributed by atoms with Gasteiger partial charge in [0, 0.05) is 5.56 Å². The number of carbonyl (C=O) groups is 1. The topological polar surface area (TPSA) is 105 Å². The lowest BCUT2D eigenvalue weighted by Gasteiger charge is -2.33. The quantitative estimate of drug-likeness (QED) is 0.786. The lowest BCUT2D eigenvalue weighted by atomic mass is 10.0. The summed E-state index contributed by atoms with van der Waals surface area (Å²) in [5.74, 6) is -0.198. The summed E-state index contributed by atoms with van der Waals surface area (Å²) < 4.78 is 16.7. The number of phenolic OH excluding ortho intramolecular Hbond substituents is 1. The van der Waals surface area contributed by atoms with Crippen molar-refractivity contribution < 1.29 is 34.3 Å². The minimum Gasteiger partial charge on any atom is -0.504 e. The van der Waals surface area contributed by atoms with Gasteiger partial charge in [0.05, 0.1) is 19.3 Å². The maximum absolute atomic E-state index is 11.1. The highest BCUT2D eigenvalue weighted by Crippen LogP contribution is 2.41. The number of aliphatic hydroxyl groups is 1. The first-order valence-electron chi connectivity index (χ1n) is 7.22. The third-order valence-electron chi connectivity index (χ3n) is 3.77. The molecule has 2 aromatic carbocycles. The van der Waals surface area contributed by atoms with Crippen LogP contribution in [-0.4, -0.2) is 41.1 Å². The van der Waals surface area contributed by atoms with Crippen LogP contribution in [0.5, 0.6) is 23.0 Å². The van der Waals surface area contributed by atoms with E-state index >= 15 is 0 Å². The van der Waals surface area contributed by atoms with Crippen molar-refractivity contribution in [2.24, 2.45) is 0 Å². The van der Waals surface area contributed by atoms with Gasteiger partial charge in [-0.25, -0.2) is 4.79 Å². The van der Waals surface area contributed by atoms with Gasteiger partial charge in [-0.05, 0) is 30.3 Å². The molecule has 24 heavy (non-hydrogen) atoms. The van der Waals surface area contributed by atoms with Crippen LogP contribution in [0.25, 0.3) is 0 Å². The Hall–Kier alpha value is -2.93. The van der Waals surface area contributed by atoms with Crippen LogP contribution in [0.1, 0.15) is 22.0 Å². The zero-order valence-corrected chi connectivity index (χ0v) is 12.8. The van der Waals surface area contributed by atoms with Crippen LogP contribution in [0.3, 0.4) is 0 Å². The molecule has 2 atom stereocenters. The first-order chi connectivity index (χ1) is 11.5. The summed E-state index contributed by atoms with van der Waals surface area (Å²) in [6.45, 7) is -0.298. The zero-order chi connectivity index (χ0) is 17.3. The number of aromatic carboxylic acids is 1. The predicted octanol–water partition coefficient (Wildman–Crippen LogP) is 1.97. The average molecular weight is 332 g/mol. The van der Waals surface area contributed by atoms with Crippen LogP contribution in [0.15, 0.2) is 36.4 Å². The van der Waals surface area contributed by atoms with E-state index in [9.17, 15) is 15.0 Å². The molecular formula is C17H16O7. The van der Waals surface area contributed by atoms with E-state index in [2.05, 4.69) is 0 Å². The number of carboxylic acid groups (broad SMARTS) is 1. The molecule has 126 valence electrons. The van der Waals surface area contributed by atoms with Gasteiger partial charge >= 0.3 is 5.97 Å². The number of ether oxygens (including phenoxy) is 3. The molecule has 0 aliphatic carbocycles. The van der Waals surface area contributed by atoms with Gasteiger partial charge in [0.2, 0.25) is 0 Å². The van der Waals surface area contributed by atoms with E-state index in [1.165, 1.54) is 31.4 Å². The molecule has 0 bridgehead atoms. The van der Waals surface area contributed by atoms with Crippen molar-refractivity contribution in [2.75, 3.05) is 13.7 Å². The summed E-state index contributed by atoms with van der Waals surface area (Å²) in [6, 6.07) is 8.93. The Kier molecular flexibility index (Phi) is 4.18. The second kappa shape index (κ2) is 6.29. The van der Waals surface area contributed by atoms with E-state index in [4.69, 9.17) is 19.3 Å². The molecule has 3 N–H and O–H groups in total. The molecule has 1 heterocycles. The molecule has 0 amide bonds. The summed E-state index contributed by atoms with van der Waals surface area (Å²) in [6.07, 6.45) is -1.36. The van der Waals surface area contributed by atoms with Gasteiger partial charge in [0.15, 0.2) is 35.2 Å². The summed E-state index contributed by atoms with van der Waals surface area (Å²) >= 11 is 0. The molecule has 0 radical (unpaired) electrons. The highest BCUT2D eigenvalue weighted by atomic mass is 16.6. The first kappa shape index (κ1) is 15.9. The van der Waals surface area contributed by atoms with Crippen molar-refractivity contribution in [3.8, 4) is 23.0 Å². The van der Waals surface area contributed by atoms with E-state index in [1.807, 2.05) is 0 Å². The van der Waals surface area contributed by atoms with Crippen LogP contribution in [0.4, 0.5) is 0 Å². The Morgan fingerprint density at radius 3 is 2.62 bits per heavy atom. The second-order valence-electron chi connectivity index (χ2n) is 5.28. The molecular weight excluding hydrogens is 316 g/mol. The molecule has 1 aliphatic rings. The fourth-order valence-corrected chi connectivity index (χ4v) is 2.56. The largest absolute Gasteiger partial charge is 0.504 e. The number of phenols is 1. The molecule has 7 nitrogen and oxygen atoms in total. The third-order valence-corrected chi connectivity index (χ3v) is 3.77. The Balaban J connectivity index is 1.99. The molecule has 0 aromatic heterocycles. The van der Waals surface area contributed by atoms with Crippen LogP contribution < -0.4 is 14.2 Å². The Bertz CT molecular complexity index is 772. The van der Waals surface area contributed by atoms with Crippen molar-refractivity contribution in [3.05, 3.63) is 47.5 Å². The van der Waals surface area contributed by atoms with Gasteiger partial charge in [0.25, 0.3) is 0 Å². The molecule has 0 spiro atoms. The van der Waals surface area contributed by atoms with Crippen molar-refractivity contribution in [1.29, 1.82) is 0 Å². The maximum Gasteiger partial charge on any atom is 0.335 e. The van der Waals surface area contributed by atoms with Crippen LogP contribution >= 0.6 is 0 Å². The smallest absolute Gasteiger partial charge is 0.335 e. The van der Waals surface area contributed by atoms with E-state index in [-0.39, 0.29) is 29.4 Å². The number of rotatable bonds is 4. The van der Waals surface area contributed by atoms with Gasteiger partial charge in [-0.15, -0.1) is 0 Å². The number of fused-ring (bicyclic) bond motifs is 1. The SMILES string of the molecule is COc1cc([C@H]2Oc3cc(C(=O)O)ccc3O[C@@H]2CO)ccc1O. The van der Waals surface area contributed by atoms with Gasteiger partial charge in [0.1, 0.15) is 0 Å². The minimum absolute atomic E-state index is 0.0212. The Morgan fingerprint density at radius 1 is 1.17 bits per heavy atom. The van der Waals surface area contributed by atoms with Gasteiger partial charge in [-0.1, -0.05) is 6.07 Å². The maximum atomic E-state index is 11.1. The van der Waals surface area contributed by atoms with E-state index in [0.29, 0.717) is 11.3 Å². The number of hydrogen-bond acceptors (Lipinski definition) is 6. The van der Waals surface area contributed by atoms with Crippen LogP contribution in [0.2, 0.25) is 0 Å². The second-order valence-corrected chi connectivity index (χ2v) is 5.28. The van der Waals surface area contributed by atoms with Crippen LogP contribution in [0, 0.1) is 0 Å². The number of benzene rings is 2. The summed E-state index contributed by atoms with van der Waals surface area (Å²) in [4.78, 5) is 11.1. The van der Waals surface area contributed by atoms with Crippen LogP contribution in [-0.2, 0) is 0 Å². The molecule has 2 aromatic rings. The number of carboxylic acids is 1. The van der Waals surface area contributed by atoms with Crippen molar-refractivity contribution in [3.63, 3.8) is 0 Å². The Morgan fingerprint density at radius 2 is 1.96 bits per heavy atom. The molecule has 0 saturated carbocycles. The first-order valence-corrected chi connectivity index (χ1v) is 7.22. The number of methoxy groups -OCH3 is 1. The predicted molar refractivity (Wildman–Crippen MR) is 82.9 cm³/mol. The van der Waals surface area contributed by atoms with Gasteiger partial charge in [-0.2, -0.15) is 0 Å². The van der Waals surface area contributed by atoms with Gasteiger partial charge in [-0.3, -0.25) is 0 Å². The lowest BCUT2D eigenvalue weighted by Crippen LogP contribution is -2.36. The van der Waals surface area contributed by atoms with Crippen molar-refractivity contribution in [2.45, 2.75) is 12.2 Å². The fourth-order valence-electron chi connectivity index (χ4n) is 2.56. The van der Waals surface area contributed by atoms with Crippen molar-refractivity contribution in [1.82, 2.24) is 0 Å². The molecule has 0 fully saturated rings. The van der Waals surface area contributed by atoms with Gasteiger partial charge < -0.3 is 29.5 Å². The molecule has 7 heteroatoms. The molecule has 0 saturated heterocycles. The third kappa shape index (κ3) is 2.81. The van der Waals surface area contributed by atoms with E-state index in [1.54, 1.807) is 12.1 Å². The Labute approximate surface area is 137 Å². The van der Waals surface area contributed by atoms with Crippen molar-refractivity contribution >= 4 is 5.97 Å². The monoisotopic (exact) mass is 332 g/mol. The molecule has 1 aliphatic heterocycles. The number of aliphatic hydroxyl groups excluding tert-OH is 1. The standard InChI is InChI=1S/C17H16O7/c1-22-13-6-9(2-4-11(13)19)16-15(8-18)23-12-5-3-10(17(20)21)7-14(12)24-16/h2-7,15-16,18-19H,8H2,1H3,(H,20,21)/t15-,16-/m1/s1. The lowest BCUT2D eigenvalue weighted by molar-refractivity contribution is -0.0125. The molecule has 3 rings (SSSR count). The number of hydrogen-bond donors (Lipinski definition) is 3. The minimum atomic E-state index is -1.08. The number of aromatic hydroxyl groups is 1. The highest BCUT2D eigenvalue weighted by Gasteiger charge is 2.33. The molecule has 0 unspecified atom stereocenters. The summed E-state index contributed by atoms with van der Waals surface area (Å²) in [7, 11) is 1.43. The summed E-state index contributed by atoms with van der Waals surface area (Å²) in [5.41, 5.74) is 0.692. The highest BCUT2D eigenvalue weighted by molar-refractivity contribution is 5.88. The van der Waals surface area contributed by atoms with E-state index < -0.39 is 18.2 Å². The summed E-state index contributed by atoms with van der Waals surface area (Å²) in [5, 5.41) is 28.4.